The lowest BCUT2D eigenvalue weighted by molar-refractivity contribution is 0.0923. The molecule has 0 spiro atoms. The van der Waals surface area contributed by atoms with Crippen LogP contribution in [0.15, 0.2) is 24.3 Å². The zero-order valence-corrected chi connectivity index (χ0v) is 14.5. The number of rotatable bonds is 5. The number of benzene rings is 1. The van der Waals surface area contributed by atoms with Gasteiger partial charge in [0.05, 0.1) is 11.4 Å². The van der Waals surface area contributed by atoms with Gasteiger partial charge in [-0.2, -0.15) is 0 Å². The van der Waals surface area contributed by atoms with Gasteiger partial charge in [0.15, 0.2) is 0 Å². The Morgan fingerprint density at radius 1 is 1.22 bits per heavy atom. The van der Waals surface area contributed by atoms with Gasteiger partial charge in [-0.3, -0.25) is 9.10 Å². The predicted octanol–water partition coefficient (Wildman–Crippen LogP) is 2.39. The minimum Gasteiger partial charge on any atom is -0.349 e. The smallest absolute Gasteiger partial charge is 0.251 e. The van der Waals surface area contributed by atoms with E-state index in [0.29, 0.717) is 23.2 Å². The van der Waals surface area contributed by atoms with Gasteiger partial charge in [0.1, 0.15) is 0 Å². The first kappa shape index (κ1) is 16.3. The van der Waals surface area contributed by atoms with Crippen LogP contribution in [-0.4, -0.2) is 33.2 Å². The van der Waals surface area contributed by atoms with E-state index in [0.717, 1.165) is 12.3 Å². The molecule has 3 unspecified atom stereocenters. The molecule has 126 valence electrons. The Hall–Kier alpha value is -1.56. The van der Waals surface area contributed by atoms with Crippen LogP contribution in [0, 0.1) is 11.8 Å². The largest absolute Gasteiger partial charge is 0.349 e. The molecule has 1 N–H and O–H groups in total. The first-order valence-corrected chi connectivity index (χ1v) is 9.89. The van der Waals surface area contributed by atoms with Crippen LogP contribution in [0.25, 0.3) is 0 Å². The summed E-state index contributed by atoms with van der Waals surface area (Å²) in [6.45, 7) is 1.61. The molecule has 2 fully saturated rings. The molecule has 5 nitrogen and oxygen atoms in total. The lowest BCUT2D eigenvalue weighted by Gasteiger charge is -2.23. The van der Waals surface area contributed by atoms with Gasteiger partial charge < -0.3 is 5.32 Å². The molecule has 2 bridgehead atoms. The lowest BCUT2D eigenvalue weighted by Crippen LogP contribution is -2.38. The number of anilines is 1. The molecular weight excluding hydrogens is 312 g/mol. The summed E-state index contributed by atoms with van der Waals surface area (Å²) in [5.74, 6) is 1.43. The Morgan fingerprint density at radius 3 is 2.43 bits per heavy atom. The van der Waals surface area contributed by atoms with Crippen LogP contribution in [0.1, 0.15) is 43.0 Å². The zero-order chi connectivity index (χ0) is 16.6. The molecule has 2 aliphatic carbocycles. The summed E-state index contributed by atoms with van der Waals surface area (Å²) in [5.41, 5.74) is 1.15. The van der Waals surface area contributed by atoms with Crippen LogP contribution in [0.2, 0.25) is 0 Å². The molecule has 2 aliphatic rings. The number of nitrogens with zero attached hydrogens (tertiary/aromatic N) is 1. The molecule has 0 heterocycles. The molecule has 23 heavy (non-hydrogen) atoms. The fourth-order valence-electron chi connectivity index (χ4n) is 3.85. The summed E-state index contributed by atoms with van der Waals surface area (Å²) in [5, 5.41) is 3.15. The van der Waals surface area contributed by atoms with Gasteiger partial charge in [0.2, 0.25) is 10.0 Å². The number of hydrogen-bond donors (Lipinski definition) is 1. The van der Waals surface area contributed by atoms with Crippen molar-refractivity contribution in [1.82, 2.24) is 5.32 Å². The molecule has 0 aliphatic heterocycles. The second kappa shape index (κ2) is 6.15. The molecule has 1 aromatic rings. The summed E-state index contributed by atoms with van der Waals surface area (Å²) in [6.07, 6.45) is 4.90. The molecule has 0 radical (unpaired) electrons. The van der Waals surface area contributed by atoms with E-state index in [9.17, 15) is 13.2 Å². The van der Waals surface area contributed by atoms with Crippen LogP contribution in [0.5, 0.6) is 0 Å². The first-order chi connectivity index (χ1) is 10.9. The maximum absolute atomic E-state index is 12.4. The van der Waals surface area contributed by atoms with Crippen LogP contribution < -0.4 is 9.62 Å². The maximum Gasteiger partial charge on any atom is 0.251 e. The average molecular weight is 336 g/mol. The quantitative estimate of drug-likeness (QED) is 0.898. The Bertz CT molecular complexity index is 684. The summed E-state index contributed by atoms with van der Waals surface area (Å²) in [4.78, 5) is 12.4. The van der Waals surface area contributed by atoms with Crippen molar-refractivity contribution < 1.29 is 13.2 Å². The van der Waals surface area contributed by atoms with Crippen molar-refractivity contribution in [3.63, 3.8) is 0 Å². The van der Waals surface area contributed by atoms with Gasteiger partial charge in [-0.1, -0.05) is 6.42 Å². The van der Waals surface area contributed by atoms with E-state index < -0.39 is 10.0 Å². The molecule has 0 aromatic heterocycles. The van der Waals surface area contributed by atoms with Crippen molar-refractivity contribution >= 4 is 21.6 Å². The SMILES string of the molecule is CCS(=O)(=O)N(C)c1ccc(C(=O)NC2CC3CCC2C3)cc1. The highest BCUT2D eigenvalue weighted by Gasteiger charge is 2.40. The van der Waals surface area contributed by atoms with Gasteiger partial charge in [-0.05, 0) is 62.3 Å². The van der Waals surface area contributed by atoms with Crippen LogP contribution in [0.3, 0.4) is 0 Å². The summed E-state index contributed by atoms with van der Waals surface area (Å²) < 4.78 is 25.0. The highest BCUT2D eigenvalue weighted by molar-refractivity contribution is 7.92. The van der Waals surface area contributed by atoms with Crippen molar-refractivity contribution in [2.45, 2.75) is 38.6 Å². The number of sulfonamides is 1. The number of amides is 1. The van der Waals surface area contributed by atoms with E-state index in [1.165, 1.54) is 30.6 Å². The normalized spacial score (nSPS) is 26.3. The molecule has 6 heteroatoms. The molecule has 3 rings (SSSR count). The van der Waals surface area contributed by atoms with Crippen LogP contribution in [-0.2, 0) is 10.0 Å². The van der Waals surface area contributed by atoms with Crippen LogP contribution >= 0.6 is 0 Å². The van der Waals surface area contributed by atoms with Gasteiger partial charge in [0, 0.05) is 18.7 Å². The molecule has 1 aromatic carbocycles. The topological polar surface area (TPSA) is 66.5 Å². The molecule has 1 amide bonds. The number of carbonyl (C=O) groups excluding carboxylic acids is 1. The van der Waals surface area contributed by atoms with Crippen LogP contribution in [0.4, 0.5) is 5.69 Å². The van der Waals surface area contributed by atoms with Gasteiger partial charge in [-0.25, -0.2) is 8.42 Å². The minimum absolute atomic E-state index is 0.0516. The molecule has 2 saturated carbocycles. The van der Waals surface area contributed by atoms with E-state index in [2.05, 4.69) is 5.32 Å². The van der Waals surface area contributed by atoms with Gasteiger partial charge >= 0.3 is 0 Å². The van der Waals surface area contributed by atoms with Gasteiger partial charge in [-0.15, -0.1) is 0 Å². The second-order valence-corrected chi connectivity index (χ2v) is 8.96. The standard InChI is InChI=1S/C17H24N2O3S/c1-3-23(21,22)19(2)15-8-6-13(7-9-15)17(20)18-16-11-12-4-5-14(16)10-12/h6-9,12,14,16H,3-5,10-11H2,1-2H3,(H,18,20). The third-order valence-corrected chi connectivity index (χ3v) is 7.10. The lowest BCUT2D eigenvalue weighted by atomic mass is 9.95. The Kier molecular flexibility index (Phi) is 4.36. The third-order valence-electron chi connectivity index (χ3n) is 5.33. The fraction of sp³-hybridized carbons (Fsp3) is 0.588. The van der Waals surface area contributed by atoms with E-state index >= 15 is 0 Å². The minimum atomic E-state index is -3.28. The van der Waals surface area contributed by atoms with Crippen molar-refractivity contribution in [3.05, 3.63) is 29.8 Å². The maximum atomic E-state index is 12.4. The summed E-state index contributed by atoms with van der Waals surface area (Å²) >= 11 is 0. The van der Waals surface area contributed by atoms with Crippen molar-refractivity contribution in [2.75, 3.05) is 17.1 Å². The summed E-state index contributed by atoms with van der Waals surface area (Å²) in [7, 11) is -1.75. The van der Waals surface area contributed by atoms with E-state index in [1.54, 1.807) is 31.2 Å². The molecular formula is C17H24N2O3S. The van der Waals surface area contributed by atoms with Crippen molar-refractivity contribution in [2.24, 2.45) is 11.8 Å². The zero-order valence-electron chi connectivity index (χ0n) is 13.7. The third kappa shape index (κ3) is 3.22. The monoisotopic (exact) mass is 336 g/mol. The Labute approximate surface area is 138 Å². The number of hydrogen-bond acceptors (Lipinski definition) is 3. The second-order valence-electron chi connectivity index (χ2n) is 6.67. The van der Waals surface area contributed by atoms with E-state index in [4.69, 9.17) is 0 Å². The first-order valence-electron chi connectivity index (χ1n) is 8.28. The van der Waals surface area contributed by atoms with Gasteiger partial charge in [0.25, 0.3) is 5.91 Å². The molecule has 0 saturated heterocycles. The summed E-state index contributed by atoms with van der Waals surface area (Å²) in [6, 6.07) is 7.06. The van der Waals surface area contributed by atoms with E-state index in [1.807, 2.05) is 0 Å². The number of carbonyl (C=O) groups is 1. The highest BCUT2D eigenvalue weighted by Crippen LogP contribution is 2.44. The Balaban J connectivity index is 1.66. The molecule has 3 atom stereocenters. The van der Waals surface area contributed by atoms with Crippen molar-refractivity contribution in [1.29, 1.82) is 0 Å². The highest BCUT2D eigenvalue weighted by atomic mass is 32.2. The number of fused-ring (bicyclic) bond motifs is 2. The van der Waals surface area contributed by atoms with Crippen molar-refractivity contribution in [3.8, 4) is 0 Å². The van der Waals surface area contributed by atoms with E-state index in [-0.39, 0.29) is 11.7 Å². The average Bonchev–Trinajstić information content (AvgIpc) is 3.17. The predicted molar refractivity (Wildman–Crippen MR) is 91.0 cm³/mol. The Morgan fingerprint density at radius 2 is 1.91 bits per heavy atom. The fourth-order valence-corrected chi connectivity index (χ4v) is 4.68. The number of nitrogens with one attached hydrogen (secondary N) is 1.